The second-order valence-electron chi connectivity index (χ2n) is 4.47. The number of carbonyl (C=O) groups excluding carboxylic acids is 2. The van der Waals surface area contributed by atoms with E-state index < -0.39 is 0 Å². The minimum Gasteiger partial charge on any atom is -0.361 e. The molecule has 18 heavy (non-hydrogen) atoms. The minimum atomic E-state index is -0.0908. The van der Waals surface area contributed by atoms with E-state index in [9.17, 15) is 9.59 Å². The molecular weight excluding hydrogens is 234 g/mol. The normalized spacial score (nSPS) is 15.7. The van der Waals surface area contributed by atoms with Crippen molar-refractivity contribution in [3.63, 3.8) is 0 Å². The van der Waals surface area contributed by atoms with E-state index in [0.29, 0.717) is 25.9 Å². The molecule has 0 spiro atoms. The Labute approximate surface area is 105 Å². The summed E-state index contributed by atoms with van der Waals surface area (Å²) in [4.78, 5) is 24.7. The maximum atomic E-state index is 12.0. The molecule has 1 aliphatic heterocycles. The maximum Gasteiger partial charge on any atom is 0.239 e. The van der Waals surface area contributed by atoms with Crippen molar-refractivity contribution < 1.29 is 14.1 Å². The summed E-state index contributed by atoms with van der Waals surface area (Å²) < 4.78 is 5.05. The van der Waals surface area contributed by atoms with Gasteiger partial charge in [0.05, 0.1) is 12.2 Å². The van der Waals surface area contributed by atoms with Crippen LogP contribution in [0.15, 0.2) is 4.52 Å². The quantitative estimate of drug-likeness (QED) is 0.831. The maximum absolute atomic E-state index is 12.0. The monoisotopic (exact) mass is 251 g/mol. The van der Waals surface area contributed by atoms with Crippen LogP contribution in [0.5, 0.6) is 0 Å². The van der Waals surface area contributed by atoms with Crippen LogP contribution in [0.2, 0.25) is 0 Å². The molecule has 1 aliphatic rings. The summed E-state index contributed by atoms with van der Waals surface area (Å²) in [5.41, 5.74) is 1.82. The Morgan fingerprint density at radius 2 is 2.28 bits per heavy atom. The van der Waals surface area contributed by atoms with Gasteiger partial charge in [0.15, 0.2) is 0 Å². The molecule has 2 rings (SSSR count). The first-order valence-electron chi connectivity index (χ1n) is 6.04. The molecular formula is C12H17N3O3. The van der Waals surface area contributed by atoms with Crippen LogP contribution in [0, 0.1) is 13.8 Å². The van der Waals surface area contributed by atoms with E-state index in [-0.39, 0.29) is 18.4 Å². The summed E-state index contributed by atoms with van der Waals surface area (Å²) in [6.07, 6.45) is 0.994. The Morgan fingerprint density at radius 3 is 2.89 bits per heavy atom. The number of piperazine rings is 1. The van der Waals surface area contributed by atoms with Gasteiger partial charge in [0.1, 0.15) is 5.76 Å². The fourth-order valence-corrected chi connectivity index (χ4v) is 2.10. The van der Waals surface area contributed by atoms with E-state index >= 15 is 0 Å². The average Bonchev–Trinajstić information content (AvgIpc) is 2.66. The topological polar surface area (TPSA) is 75.4 Å². The van der Waals surface area contributed by atoms with E-state index in [4.69, 9.17) is 4.52 Å². The van der Waals surface area contributed by atoms with E-state index in [1.807, 2.05) is 13.8 Å². The van der Waals surface area contributed by atoms with Gasteiger partial charge in [-0.3, -0.25) is 9.59 Å². The summed E-state index contributed by atoms with van der Waals surface area (Å²) in [7, 11) is 0. The van der Waals surface area contributed by atoms with Crippen LogP contribution in [0.4, 0.5) is 0 Å². The van der Waals surface area contributed by atoms with E-state index in [1.165, 1.54) is 0 Å². The van der Waals surface area contributed by atoms with Crippen molar-refractivity contribution in [2.75, 3.05) is 19.6 Å². The highest BCUT2D eigenvalue weighted by Crippen LogP contribution is 2.15. The molecule has 0 aliphatic carbocycles. The van der Waals surface area contributed by atoms with Crippen molar-refractivity contribution in [1.82, 2.24) is 15.4 Å². The van der Waals surface area contributed by atoms with Gasteiger partial charge in [-0.25, -0.2) is 0 Å². The van der Waals surface area contributed by atoms with Crippen molar-refractivity contribution in [1.29, 1.82) is 0 Å². The zero-order valence-electron chi connectivity index (χ0n) is 10.7. The van der Waals surface area contributed by atoms with E-state index in [2.05, 4.69) is 10.5 Å². The van der Waals surface area contributed by atoms with Gasteiger partial charge in [0.2, 0.25) is 11.8 Å². The number of rotatable bonds is 3. The van der Waals surface area contributed by atoms with E-state index in [0.717, 1.165) is 17.0 Å². The molecule has 1 N–H and O–H groups in total. The Morgan fingerprint density at radius 1 is 1.50 bits per heavy atom. The van der Waals surface area contributed by atoms with Crippen molar-refractivity contribution in [3.05, 3.63) is 17.0 Å². The first-order valence-corrected chi connectivity index (χ1v) is 6.04. The Hall–Kier alpha value is -1.85. The number of nitrogens with zero attached hydrogens (tertiary/aromatic N) is 2. The van der Waals surface area contributed by atoms with Crippen LogP contribution in [0.1, 0.15) is 23.4 Å². The highest BCUT2D eigenvalue weighted by molar-refractivity contribution is 5.86. The van der Waals surface area contributed by atoms with Gasteiger partial charge in [-0.2, -0.15) is 0 Å². The fraction of sp³-hybridized carbons (Fsp3) is 0.583. The summed E-state index contributed by atoms with van der Waals surface area (Å²) >= 11 is 0. The van der Waals surface area contributed by atoms with Crippen LogP contribution >= 0.6 is 0 Å². The van der Waals surface area contributed by atoms with Crippen LogP contribution in [-0.2, 0) is 16.0 Å². The molecule has 0 unspecified atom stereocenters. The molecule has 6 nitrogen and oxygen atoms in total. The standard InChI is InChI=1S/C12H17N3O3/c1-8-10(9(2)18-14-8)3-4-12(17)15-6-5-13-11(16)7-15/h3-7H2,1-2H3,(H,13,16). The third-order valence-electron chi connectivity index (χ3n) is 3.16. The predicted octanol–water partition coefficient (Wildman–Crippen LogP) is 0.182. The number of amides is 2. The lowest BCUT2D eigenvalue weighted by Gasteiger charge is -2.26. The number of carbonyl (C=O) groups is 2. The molecule has 0 aromatic carbocycles. The van der Waals surface area contributed by atoms with Gasteiger partial charge in [-0.1, -0.05) is 5.16 Å². The molecule has 1 saturated heterocycles. The van der Waals surface area contributed by atoms with Crippen LogP contribution < -0.4 is 5.32 Å². The third-order valence-corrected chi connectivity index (χ3v) is 3.16. The Balaban J connectivity index is 1.90. The molecule has 0 saturated carbocycles. The van der Waals surface area contributed by atoms with Crippen molar-refractivity contribution in [2.24, 2.45) is 0 Å². The fourth-order valence-electron chi connectivity index (χ4n) is 2.10. The number of aryl methyl sites for hydroxylation is 2. The highest BCUT2D eigenvalue weighted by atomic mass is 16.5. The second-order valence-corrected chi connectivity index (χ2v) is 4.47. The first-order chi connectivity index (χ1) is 8.58. The molecule has 6 heteroatoms. The predicted molar refractivity (Wildman–Crippen MR) is 63.9 cm³/mol. The van der Waals surface area contributed by atoms with Gasteiger partial charge in [0, 0.05) is 25.1 Å². The van der Waals surface area contributed by atoms with Crippen molar-refractivity contribution >= 4 is 11.8 Å². The molecule has 98 valence electrons. The molecule has 0 radical (unpaired) electrons. The summed E-state index contributed by atoms with van der Waals surface area (Å²) in [5.74, 6) is 0.675. The number of hydrogen-bond acceptors (Lipinski definition) is 4. The number of nitrogens with one attached hydrogen (secondary N) is 1. The van der Waals surface area contributed by atoms with Crippen LogP contribution in [0.3, 0.4) is 0 Å². The Bertz CT molecular complexity index is 448. The summed E-state index contributed by atoms with van der Waals surface area (Å²) in [5, 5.41) is 6.55. The molecule has 2 amide bonds. The van der Waals surface area contributed by atoms with Gasteiger partial charge in [-0.15, -0.1) is 0 Å². The summed E-state index contributed by atoms with van der Waals surface area (Å²) in [6, 6.07) is 0. The lowest BCUT2D eigenvalue weighted by molar-refractivity contribution is -0.138. The second kappa shape index (κ2) is 5.20. The number of aromatic nitrogens is 1. The van der Waals surface area contributed by atoms with E-state index in [1.54, 1.807) is 4.90 Å². The van der Waals surface area contributed by atoms with Gasteiger partial charge < -0.3 is 14.7 Å². The Kier molecular flexibility index (Phi) is 3.64. The number of hydrogen-bond donors (Lipinski definition) is 1. The lowest BCUT2D eigenvalue weighted by atomic mass is 10.1. The van der Waals surface area contributed by atoms with Crippen LogP contribution in [-0.4, -0.2) is 41.5 Å². The average molecular weight is 251 g/mol. The molecule has 2 heterocycles. The molecule has 1 fully saturated rings. The third kappa shape index (κ3) is 2.69. The zero-order valence-corrected chi connectivity index (χ0v) is 10.7. The van der Waals surface area contributed by atoms with Crippen molar-refractivity contribution in [2.45, 2.75) is 26.7 Å². The van der Waals surface area contributed by atoms with Crippen LogP contribution in [0.25, 0.3) is 0 Å². The molecule has 1 aromatic heterocycles. The smallest absolute Gasteiger partial charge is 0.239 e. The minimum absolute atomic E-state index is 0.00449. The van der Waals surface area contributed by atoms with Crippen molar-refractivity contribution in [3.8, 4) is 0 Å². The van der Waals surface area contributed by atoms with Gasteiger partial charge in [-0.05, 0) is 20.3 Å². The largest absolute Gasteiger partial charge is 0.361 e. The zero-order chi connectivity index (χ0) is 13.1. The molecule has 1 aromatic rings. The summed E-state index contributed by atoms with van der Waals surface area (Å²) in [6.45, 7) is 5.00. The molecule has 0 bridgehead atoms. The molecule has 0 atom stereocenters. The van der Waals surface area contributed by atoms with Gasteiger partial charge in [0.25, 0.3) is 0 Å². The lowest BCUT2D eigenvalue weighted by Crippen LogP contribution is -2.50. The highest BCUT2D eigenvalue weighted by Gasteiger charge is 2.21. The first kappa shape index (κ1) is 12.6. The van der Waals surface area contributed by atoms with Gasteiger partial charge >= 0.3 is 0 Å². The SMILES string of the molecule is Cc1noc(C)c1CCC(=O)N1CCNC(=O)C1.